The van der Waals surface area contributed by atoms with Crippen molar-refractivity contribution in [2.45, 2.75) is 0 Å². The van der Waals surface area contributed by atoms with Crippen LogP contribution in [-0.2, 0) is 0 Å². The number of rotatable bonds is 2. The predicted molar refractivity (Wildman–Crippen MR) is 41.6 cm³/mol. The molecule has 0 saturated heterocycles. The summed E-state index contributed by atoms with van der Waals surface area (Å²) >= 11 is 15.9. The molecule has 8 heavy (non-hydrogen) atoms. The van der Waals surface area contributed by atoms with Crippen molar-refractivity contribution >= 4 is 40.8 Å². The van der Waals surface area contributed by atoms with E-state index in [1.54, 1.807) is 12.0 Å². The van der Waals surface area contributed by atoms with E-state index in [0.717, 1.165) is 0 Å². The minimum Gasteiger partial charge on any atom is -0.183 e. The molecule has 0 amide bonds. The third-order valence-electron chi connectivity index (χ3n) is 0.513. The van der Waals surface area contributed by atoms with E-state index in [9.17, 15) is 0 Å². The first kappa shape index (κ1) is 8.41. The topological polar surface area (TPSA) is 0 Å². The van der Waals surface area contributed by atoms with E-state index in [4.69, 9.17) is 34.7 Å². The second-order valence-electron chi connectivity index (χ2n) is 1.08. The van der Waals surface area contributed by atoms with Crippen LogP contribution in [-0.4, -0.2) is 6.13 Å². The van der Waals surface area contributed by atoms with Gasteiger partial charge in [0, 0.05) is 0 Å². The Kier molecular flexibility index (Phi) is 5.84. The van der Waals surface area contributed by atoms with Gasteiger partial charge in [-0.25, -0.2) is 0 Å². The fourth-order valence-electron chi connectivity index (χ4n) is 0.203. The molecule has 0 bridgehead atoms. The van der Waals surface area contributed by atoms with Gasteiger partial charge in [0.05, 0.1) is 0 Å². The molecule has 0 fully saturated rings. The first-order chi connectivity index (χ1) is 3.81. The van der Waals surface area contributed by atoms with Crippen LogP contribution in [0.3, 0.4) is 0 Å². The molecule has 0 aromatic heterocycles. The molecular weight excluding hydrogens is 165 g/mol. The molecule has 0 saturated carbocycles. The molecule has 44 valence electrons. The summed E-state index contributed by atoms with van der Waals surface area (Å²) in [4.78, 5) is 0. The lowest BCUT2D eigenvalue weighted by atomic mass is 9.78. The molecule has 0 aliphatic rings. The van der Waals surface area contributed by atoms with Crippen LogP contribution in [0.5, 0.6) is 0 Å². The SMILES string of the molecule is Cl/C=C/B(Cl)/C=C/Cl. The Hall–Kier alpha value is 0.415. The molecule has 4 heteroatoms. The van der Waals surface area contributed by atoms with Crippen LogP contribution in [0.2, 0.25) is 0 Å². The molecule has 0 heterocycles. The maximum absolute atomic E-state index is 5.54. The monoisotopic (exact) mass is 168 g/mol. The van der Waals surface area contributed by atoms with E-state index in [1.165, 1.54) is 11.1 Å². The van der Waals surface area contributed by atoms with Gasteiger partial charge in [-0.05, 0) is 11.1 Å². The van der Waals surface area contributed by atoms with Crippen molar-refractivity contribution in [3.63, 3.8) is 0 Å². The lowest BCUT2D eigenvalue weighted by molar-refractivity contribution is 2.33. The lowest BCUT2D eigenvalue weighted by Gasteiger charge is -1.82. The molecule has 0 aromatic carbocycles. The summed E-state index contributed by atoms with van der Waals surface area (Å²) in [6.45, 7) is 0. The number of hydrogen-bond acceptors (Lipinski definition) is 0. The van der Waals surface area contributed by atoms with E-state index in [1.807, 2.05) is 0 Å². The third-order valence-corrected chi connectivity index (χ3v) is 1.10. The zero-order chi connectivity index (χ0) is 6.41. The van der Waals surface area contributed by atoms with Crippen molar-refractivity contribution in [1.29, 1.82) is 0 Å². The zero-order valence-electron chi connectivity index (χ0n) is 4.02. The van der Waals surface area contributed by atoms with E-state index in [0.29, 0.717) is 0 Å². The highest BCUT2D eigenvalue weighted by Crippen LogP contribution is 1.96. The van der Waals surface area contributed by atoms with Gasteiger partial charge in [0.1, 0.15) is 0 Å². The van der Waals surface area contributed by atoms with Crippen molar-refractivity contribution in [3.8, 4) is 0 Å². The quantitative estimate of drug-likeness (QED) is 0.558. The molecular formula is C4H4BCl3. The van der Waals surface area contributed by atoms with E-state index < -0.39 is 0 Å². The van der Waals surface area contributed by atoms with Crippen LogP contribution >= 0.6 is 34.7 Å². The summed E-state index contributed by atoms with van der Waals surface area (Å²) in [7, 11) is 0. The largest absolute Gasteiger partial charge is 0.302 e. The maximum Gasteiger partial charge on any atom is 0.302 e. The molecule has 0 N–H and O–H groups in total. The van der Waals surface area contributed by atoms with Gasteiger partial charge in [-0.1, -0.05) is 35.2 Å². The average Bonchev–Trinajstić information content (AvgIpc) is 1.68. The van der Waals surface area contributed by atoms with Gasteiger partial charge >= 0.3 is 6.13 Å². The van der Waals surface area contributed by atoms with Crippen LogP contribution in [0.4, 0.5) is 0 Å². The van der Waals surface area contributed by atoms with Crippen LogP contribution in [0.25, 0.3) is 0 Å². The first-order valence-electron chi connectivity index (χ1n) is 1.99. The lowest BCUT2D eigenvalue weighted by Crippen LogP contribution is -1.90. The molecule has 0 spiro atoms. The highest BCUT2D eigenvalue weighted by molar-refractivity contribution is 7.12. The van der Waals surface area contributed by atoms with Crippen molar-refractivity contribution in [2.75, 3.05) is 0 Å². The third kappa shape index (κ3) is 4.57. The molecule has 0 aromatic rings. The molecule has 0 unspecified atom stereocenters. The van der Waals surface area contributed by atoms with Crippen LogP contribution < -0.4 is 0 Å². The summed E-state index contributed by atoms with van der Waals surface area (Å²) in [6, 6.07) is 0. The summed E-state index contributed by atoms with van der Waals surface area (Å²) in [6.07, 6.45) is -0.190. The predicted octanol–water partition coefficient (Wildman–Crippen LogP) is 2.80. The number of hydrogen-bond donors (Lipinski definition) is 0. The molecule has 0 atom stereocenters. The standard InChI is InChI=1S/C4H4BCl3/c6-3-1-5(8)2-4-7/h1-4H/b3-1+,4-2+. The zero-order valence-corrected chi connectivity index (χ0v) is 6.29. The Morgan fingerprint density at radius 1 is 1.00 bits per heavy atom. The minimum absolute atomic E-state index is 0.190. The molecule has 0 rings (SSSR count). The fraction of sp³-hybridized carbons (Fsp3) is 0. The Bertz CT molecular complexity index is 87.5. The van der Waals surface area contributed by atoms with Crippen molar-refractivity contribution in [2.24, 2.45) is 0 Å². The van der Waals surface area contributed by atoms with E-state index in [-0.39, 0.29) is 6.13 Å². The van der Waals surface area contributed by atoms with Crippen LogP contribution in [0, 0.1) is 0 Å². The minimum atomic E-state index is -0.190. The van der Waals surface area contributed by atoms with Gasteiger partial charge in [-0.3, -0.25) is 0 Å². The Labute approximate surface area is 64.1 Å². The Morgan fingerprint density at radius 2 is 1.38 bits per heavy atom. The summed E-state index contributed by atoms with van der Waals surface area (Å²) in [5.41, 5.74) is 2.71. The Morgan fingerprint density at radius 3 is 1.62 bits per heavy atom. The van der Waals surface area contributed by atoms with E-state index >= 15 is 0 Å². The van der Waals surface area contributed by atoms with Crippen LogP contribution in [0.15, 0.2) is 23.0 Å². The summed E-state index contributed by atoms with van der Waals surface area (Å²) in [5.74, 6) is 3.23. The van der Waals surface area contributed by atoms with Gasteiger partial charge in [-0.2, -0.15) is 11.5 Å². The molecule has 0 aliphatic heterocycles. The highest BCUT2D eigenvalue weighted by Gasteiger charge is 1.95. The van der Waals surface area contributed by atoms with Crippen molar-refractivity contribution in [1.82, 2.24) is 0 Å². The maximum atomic E-state index is 5.54. The average molecular weight is 169 g/mol. The summed E-state index contributed by atoms with van der Waals surface area (Å²) in [5, 5.41) is 0. The fourth-order valence-corrected chi connectivity index (χ4v) is 0.811. The van der Waals surface area contributed by atoms with E-state index in [2.05, 4.69) is 0 Å². The Balaban J connectivity index is 3.47. The second-order valence-corrected chi connectivity index (χ2v) is 2.09. The van der Waals surface area contributed by atoms with Crippen molar-refractivity contribution < 1.29 is 0 Å². The van der Waals surface area contributed by atoms with Gasteiger partial charge in [0.15, 0.2) is 0 Å². The normalized spacial score (nSPS) is 11.4. The van der Waals surface area contributed by atoms with Gasteiger partial charge in [0.2, 0.25) is 0 Å². The molecule has 0 radical (unpaired) electrons. The van der Waals surface area contributed by atoms with Gasteiger partial charge < -0.3 is 0 Å². The smallest absolute Gasteiger partial charge is 0.183 e. The van der Waals surface area contributed by atoms with Crippen molar-refractivity contribution in [3.05, 3.63) is 23.0 Å². The summed E-state index contributed by atoms with van der Waals surface area (Å²) < 4.78 is 0. The molecule has 0 nitrogen and oxygen atoms in total. The number of halogens is 3. The van der Waals surface area contributed by atoms with Crippen LogP contribution in [0.1, 0.15) is 0 Å². The molecule has 0 aliphatic carbocycles. The van der Waals surface area contributed by atoms with Gasteiger partial charge in [-0.15, -0.1) is 0 Å². The highest BCUT2D eigenvalue weighted by atomic mass is 35.5. The van der Waals surface area contributed by atoms with Gasteiger partial charge in [0.25, 0.3) is 0 Å². The second kappa shape index (κ2) is 5.55. The first-order valence-corrected chi connectivity index (χ1v) is 3.30.